The number of nitrogens with one attached hydrogen (secondary N) is 1. The number of benzene rings is 1. The summed E-state index contributed by atoms with van der Waals surface area (Å²) >= 11 is 0. The van der Waals surface area contributed by atoms with Crippen LogP contribution in [0.1, 0.15) is 36.0 Å². The lowest BCUT2D eigenvalue weighted by molar-refractivity contribution is 0.0934. The summed E-state index contributed by atoms with van der Waals surface area (Å²) in [7, 11) is 0.785. The van der Waals surface area contributed by atoms with Crippen molar-refractivity contribution in [1.29, 1.82) is 0 Å². The molecule has 122 valence electrons. The first-order valence-corrected chi connectivity index (χ1v) is 8.71. The quantitative estimate of drug-likeness (QED) is 0.892. The van der Waals surface area contributed by atoms with Gasteiger partial charge in [-0.3, -0.25) is 4.79 Å². The van der Waals surface area contributed by atoms with Gasteiger partial charge in [-0.25, -0.2) is 12.7 Å². The van der Waals surface area contributed by atoms with Crippen LogP contribution in [0, 0.1) is 0 Å². The molecule has 0 saturated heterocycles. The molecule has 1 aromatic carbocycles. The van der Waals surface area contributed by atoms with Crippen molar-refractivity contribution in [1.82, 2.24) is 9.62 Å². The van der Waals surface area contributed by atoms with Gasteiger partial charge in [-0.1, -0.05) is 12.8 Å². The van der Waals surface area contributed by atoms with Crippen LogP contribution >= 0.6 is 0 Å². The summed E-state index contributed by atoms with van der Waals surface area (Å²) < 4.78 is 30.7. The Morgan fingerprint density at radius 2 is 1.91 bits per heavy atom. The van der Waals surface area contributed by atoms with E-state index in [0.717, 1.165) is 30.0 Å². The highest BCUT2D eigenvalue weighted by molar-refractivity contribution is 7.89. The highest BCUT2D eigenvalue weighted by Crippen LogP contribution is 2.25. The zero-order chi connectivity index (χ0) is 16.3. The van der Waals surface area contributed by atoms with E-state index < -0.39 is 10.0 Å². The molecule has 1 fully saturated rings. The van der Waals surface area contributed by atoms with Gasteiger partial charge in [0.1, 0.15) is 5.75 Å². The van der Waals surface area contributed by atoms with E-state index in [1.165, 1.54) is 39.4 Å². The van der Waals surface area contributed by atoms with Crippen LogP contribution < -0.4 is 10.1 Å². The van der Waals surface area contributed by atoms with Gasteiger partial charge in [0.2, 0.25) is 10.0 Å². The molecule has 1 N–H and O–H groups in total. The van der Waals surface area contributed by atoms with E-state index in [0.29, 0.717) is 5.75 Å². The van der Waals surface area contributed by atoms with Crippen LogP contribution in [0.5, 0.6) is 5.75 Å². The molecule has 7 heteroatoms. The molecule has 1 aliphatic carbocycles. The molecule has 6 nitrogen and oxygen atoms in total. The lowest BCUT2D eigenvalue weighted by Gasteiger charge is -2.16. The van der Waals surface area contributed by atoms with Crippen LogP contribution in [0.4, 0.5) is 0 Å². The smallest absolute Gasteiger partial charge is 0.255 e. The average molecular weight is 326 g/mol. The predicted molar refractivity (Wildman–Crippen MR) is 83.6 cm³/mol. The van der Waals surface area contributed by atoms with Gasteiger partial charge in [0.15, 0.2) is 0 Å². The second-order valence-corrected chi connectivity index (χ2v) is 7.76. The summed E-state index contributed by atoms with van der Waals surface area (Å²) in [5.41, 5.74) is 0.248. The van der Waals surface area contributed by atoms with Gasteiger partial charge in [-0.15, -0.1) is 0 Å². The third kappa shape index (κ3) is 3.41. The normalized spacial score (nSPS) is 16.0. The number of methoxy groups -OCH3 is 1. The molecule has 0 heterocycles. The van der Waals surface area contributed by atoms with Crippen LogP contribution in [0.15, 0.2) is 23.1 Å². The van der Waals surface area contributed by atoms with Crippen molar-refractivity contribution < 1.29 is 17.9 Å². The second-order valence-electron chi connectivity index (χ2n) is 5.60. The first kappa shape index (κ1) is 16.8. The fraction of sp³-hybridized carbons (Fsp3) is 0.533. The van der Waals surface area contributed by atoms with Crippen molar-refractivity contribution >= 4 is 15.9 Å². The zero-order valence-electron chi connectivity index (χ0n) is 13.1. The lowest BCUT2D eigenvalue weighted by Crippen LogP contribution is -2.33. The number of rotatable bonds is 5. The summed E-state index contributed by atoms with van der Waals surface area (Å²) in [4.78, 5) is 12.5. The summed E-state index contributed by atoms with van der Waals surface area (Å²) in [6, 6.07) is 4.49. The maximum absolute atomic E-state index is 12.4. The molecular weight excluding hydrogens is 304 g/mol. The van der Waals surface area contributed by atoms with Crippen LogP contribution in [0.3, 0.4) is 0 Å². The molecule has 0 unspecified atom stereocenters. The summed E-state index contributed by atoms with van der Waals surface area (Å²) in [5.74, 6) is 0.0766. The zero-order valence-corrected chi connectivity index (χ0v) is 13.9. The molecule has 0 aliphatic heterocycles. The maximum atomic E-state index is 12.4. The Balaban J connectivity index is 2.34. The molecule has 1 amide bonds. The van der Waals surface area contributed by atoms with Crippen molar-refractivity contribution in [2.45, 2.75) is 36.6 Å². The third-order valence-corrected chi connectivity index (χ3v) is 5.70. The third-order valence-electron chi connectivity index (χ3n) is 3.88. The number of ether oxygens (including phenoxy) is 1. The SMILES string of the molecule is COc1ccc(S(=O)(=O)N(C)C)cc1C(=O)NC1CCCC1. The van der Waals surface area contributed by atoms with E-state index >= 15 is 0 Å². The maximum Gasteiger partial charge on any atom is 0.255 e. The Hall–Kier alpha value is -1.60. The van der Waals surface area contributed by atoms with Gasteiger partial charge in [-0.2, -0.15) is 0 Å². The van der Waals surface area contributed by atoms with Gasteiger partial charge >= 0.3 is 0 Å². The number of carbonyl (C=O) groups is 1. The molecule has 22 heavy (non-hydrogen) atoms. The number of nitrogens with zero attached hydrogens (tertiary/aromatic N) is 1. The number of hydrogen-bond acceptors (Lipinski definition) is 4. The molecule has 0 bridgehead atoms. The van der Waals surface area contributed by atoms with Gasteiger partial charge in [0.05, 0.1) is 17.6 Å². The minimum atomic E-state index is -3.59. The van der Waals surface area contributed by atoms with E-state index in [9.17, 15) is 13.2 Å². The Morgan fingerprint density at radius 1 is 1.27 bits per heavy atom. The number of carbonyl (C=O) groups excluding carboxylic acids is 1. The first-order chi connectivity index (χ1) is 10.4. The van der Waals surface area contributed by atoms with E-state index in [2.05, 4.69) is 5.32 Å². The Morgan fingerprint density at radius 3 is 2.45 bits per heavy atom. The van der Waals surface area contributed by atoms with E-state index in [1.54, 1.807) is 0 Å². The Labute approximate surface area is 131 Å². The van der Waals surface area contributed by atoms with E-state index in [-0.39, 0.29) is 22.4 Å². The minimum absolute atomic E-state index is 0.0786. The fourth-order valence-electron chi connectivity index (χ4n) is 2.57. The molecule has 2 rings (SSSR count). The van der Waals surface area contributed by atoms with Crippen molar-refractivity contribution in [3.63, 3.8) is 0 Å². The molecule has 0 radical (unpaired) electrons. The van der Waals surface area contributed by atoms with Crippen LogP contribution in [0.2, 0.25) is 0 Å². The predicted octanol–water partition coefficient (Wildman–Crippen LogP) is 1.62. The van der Waals surface area contributed by atoms with Gasteiger partial charge in [-0.05, 0) is 31.0 Å². The van der Waals surface area contributed by atoms with Crippen molar-refractivity contribution in [2.75, 3.05) is 21.2 Å². The summed E-state index contributed by atoms with van der Waals surface area (Å²) in [5, 5.41) is 2.95. The van der Waals surface area contributed by atoms with Crippen molar-refractivity contribution in [3.05, 3.63) is 23.8 Å². The topological polar surface area (TPSA) is 75.7 Å². The largest absolute Gasteiger partial charge is 0.496 e. The molecule has 1 saturated carbocycles. The number of amides is 1. The highest BCUT2D eigenvalue weighted by atomic mass is 32.2. The van der Waals surface area contributed by atoms with Crippen LogP contribution in [-0.4, -0.2) is 45.9 Å². The summed E-state index contributed by atoms with van der Waals surface area (Å²) in [6.07, 6.45) is 4.14. The minimum Gasteiger partial charge on any atom is -0.496 e. The van der Waals surface area contributed by atoms with Gasteiger partial charge in [0.25, 0.3) is 5.91 Å². The van der Waals surface area contributed by atoms with Crippen LogP contribution in [-0.2, 0) is 10.0 Å². The van der Waals surface area contributed by atoms with Gasteiger partial charge < -0.3 is 10.1 Å². The molecule has 1 aliphatic rings. The molecule has 0 atom stereocenters. The number of sulfonamides is 1. The standard InChI is InChI=1S/C15H22N2O4S/c1-17(2)22(19,20)12-8-9-14(21-3)13(10-12)15(18)16-11-6-4-5-7-11/h8-11H,4-7H2,1-3H3,(H,16,18). The summed E-state index contributed by atoms with van der Waals surface area (Å²) in [6.45, 7) is 0. The monoisotopic (exact) mass is 326 g/mol. The molecule has 1 aromatic rings. The lowest BCUT2D eigenvalue weighted by atomic mass is 10.1. The Bertz CT molecular complexity index is 650. The molecular formula is C15H22N2O4S. The number of hydrogen-bond donors (Lipinski definition) is 1. The van der Waals surface area contributed by atoms with E-state index in [1.807, 2.05) is 0 Å². The first-order valence-electron chi connectivity index (χ1n) is 7.27. The van der Waals surface area contributed by atoms with Gasteiger partial charge in [0, 0.05) is 20.1 Å². The van der Waals surface area contributed by atoms with E-state index in [4.69, 9.17) is 4.74 Å². The molecule has 0 spiro atoms. The second kappa shape index (κ2) is 6.66. The average Bonchev–Trinajstić information content (AvgIpc) is 2.99. The van der Waals surface area contributed by atoms with Crippen molar-refractivity contribution in [2.24, 2.45) is 0 Å². The fourth-order valence-corrected chi connectivity index (χ4v) is 3.50. The molecule has 0 aromatic heterocycles. The van der Waals surface area contributed by atoms with Crippen molar-refractivity contribution in [3.8, 4) is 5.75 Å². The highest BCUT2D eigenvalue weighted by Gasteiger charge is 2.24. The van der Waals surface area contributed by atoms with Crippen LogP contribution in [0.25, 0.3) is 0 Å². The Kier molecular flexibility index (Phi) is 5.08.